The molecule has 1 heterocycles. The van der Waals surface area contributed by atoms with E-state index >= 15 is 0 Å². The molecule has 1 aromatic carbocycles. The highest BCUT2D eigenvalue weighted by Gasteiger charge is 2.36. The van der Waals surface area contributed by atoms with E-state index in [9.17, 15) is 14.0 Å². The monoisotopic (exact) mass is 290 g/mol. The van der Waals surface area contributed by atoms with Crippen LogP contribution in [-0.2, 0) is 16.1 Å². The second-order valence-electron chi connectivity index (χ2n) is 5.86. The number of hydrogen-bond acceptors (Lipinski definition) is 2. The molecular weight excluding hydrogens is 271 g/mol. The van der Waals surface area contributed by atoms with Crippen molar-refractivity contribution in [3.05, 3.63) is 35.6 Å². The molecule has 2 amide bonds. The normalized spacial score (nSPS) is 21.8. The van der Waals surface area contributed by atoms with E-state index in [1.807, 2.05) is 4.90 Å². The van der Waals surface area contributed by atoms with Crippen molar-refractivity contribution in [1.82, 2.24) is 10.2 Å². The number of carbonyl (C=O) groups excluding carboxylic acids is 2. The van der Waals surface area contributed by atoms with Crippen molar-refractivity contribution in [2.75, 3.05) is 6.54 Å². The van der Waals surface area contributed by atoms with E-state index in [4.69, 9.17) is 0 Å². The standard InChI is InChI=1S/C16H19FN2O2/c17-13-4-1-11(2-5-13)10-19(14-6-7-14)16(21)12-3-8-15(20)18-9-12/h1-2,4-5,12,14H,3,6-10H2,(H,18,20). The van der Waals surface area contributed by atoms with Gasteiger partial charge in [-0.25, -0.2) is 4.39 Å². The van der Waals surface area contributed by atoms with Crippen LogP contribution in [0.15, 0.2) is 24.3 Å². The molecule has 1 aliphatic heterocycles. The van der Waals surface area contributed by atoms with Gasteiger partial charge < -0.3 is 10.2 Å². The number of piperidine rings is 1. The molecule has 2 aliphatic rings. The highest BCUT2D eigenvalue weighted by molar-refractivity contribution is 5.84. The lowest BCUT2D eigenvalue weighted by Crippen LogP contribution is -2.45. The molecule has 0 spiro atoms. The predicted octanol–water partition coefficient (Wildman–Crippen LogP) is 1.84. The van der Waals surface area contributed by atoms with Gasteiger partial charge in [0.2, 0.25) is 11.8 Å². The largest absolute Gasteiger partial charge is 0.355 e. The fraction of sp³-hybridized carbons (Fsp3) is 0.500. The minimum absolute atomic E-state index is 0.0237. The molecule has 4 nitrogen and oxygen atoms in total. The fourth-order valence-electron chi connectivity index (χ4n) is 2.74. The number of hydrogen-bond donors (Lipinski definition) is 1. The number of benzene rings is 1. The van der Waals surface area contributed by atoms with Crippen molar-refractivity contribution in [1.29, 1.82) is 0 Å². The van der Waals surface area contributed by atoms with Crippen LogP contribution in [0.1, 0.15) is 31.2 Å². The molecule has 2 fully saturated rings. The van der Waals surface area contributed by atoms with Crippen LogP contribution < -0.4 is 5.32 Å². The second-order valence-corrected chi connectivity index (χ2v) is 5.86. The van der Waals surface area contributed by atoms with Crippen molar-refractivity contribution in [2.24, 2.45) is 5.92 Å². The molecule has 112 valence electrons. The maximum Gasteiger partial charge on any atom is 0.228 e. The number of nitrogens with one attached hydrogen (secondary N) is 1. The van der Waals surface area contributed by atoms with E-state index in [0.29, 0.717) is 32.0 Å². The number of halogens is 1. The van der Waals surface area contributed by atoms with Crippen molar-refractivity contribution in [3.63, 3.8) is 0 Å². The van der Waals surface area contributed by atoms with Gasteiger partial charge in [-0.3, -0.25) is 9.59 Å². The molecule has 1 atom stereocenters. The van der Waals surface area contributed by atoms with Crippen molar-refractivity contribution in [3.8, 4) is 0 Å². The Morgan fingerprint density at radius 3 is 2.52 bits per heavy atom. The maximum absolute atomic E-state index is 13.0. The van der Waals surface area contributed by atoms with Gasteiger partial charge in [0.1, 0.15) is 5.82 Å². The first-order chi connectivity index (χ1) is 10.1. The number of rotatable bonds is 4. The van der Waals surface area contributed by atoms with Gasteiger partial charge in [-0.1, -0.05) is 12.1 Å². The molecule has 3 rings (SSSR count). The predicted molar refractivity (Wildman–Crippen MR) is 75.7 cm³/mol. The van der Waals surface area contributed by atoms with Crippen LogP contribution in [0.4, 0.5) is 4.39 Å². The Labute approximate surface area is 123 Å². The van der Waals surface area contributed by atoms with Gasteiger partial charge in [-0.2, -0.15) is 0 Å². The van der Waals surface area contributed by atoms with E-state index in [1.165, 1.54) is 12.1 Å². The van der Waals surface area contributed by atoms with Gasteiger partial charge in [-0.15, -0.1) is 0 Å². The minimum Gasteiger partial charge on any atom is -0.355 e. The zero-order valence-electron chi connectivity index (χ0n) is 11.8. The summed E-state index contributed by atoms with van der Waals surface area (Å²) in [5, 5.41) is 2.76. The van der Waals surface area contributed by atoms with Gasteiger partial charge >= 0.3 is 0 Å². The third kappa shape index (κ3) is 3.40. The highest BCUT2D eigenvalue weighted by Crippen LogP contribution is 2.30. The molecule has 21 heavy (non-hydrogen) atoms. The average Bonchev–Trinajstić information content (AvgIpc) is 3.31. The van der Waals surface area contributed by atoms with Gasteiger partial charge in [0, 0.05) is 25.6 Å². The summed E-state index contributed by atoms with van der Waals surface area (Å²) < 4.78 is 13.0. The smallest absolute Gasteiger partial charge is 0.228 e. The average molecular weight is 290 g/mol. The van der Waals surface area contributed by atoms with Crippen LogP contribution in [0.2, 0.25) is 0 Å². The van der Waals surface area contributed by atoms with E-state index in [1.54, 1.807) is 12.1 Å². The Balaban J connectivity index is 1.67. The number of carbonyl (C=O) groups is 2. The highest BCUT2D eigenvalue weighted by atomic mass is 19.1. The van der Waals surface area contributed by atoms with Crippen LogP contribution in [0.25, 0.3) is 0 Å². The van der Waals surface area contributed by atoms with Gasteiger partial charge in [0.25, 0.3) is 0 Å². The quantitative estimate of drug-likeness (QED) is 0.920. The Kier molecular flexibility index (Phi) is 3.90. The SMILES string of the molecule is O=C1CCC(C(=O)N(Cc2ccc(F)cc2)C2CC2)CN1. The lowest BCUT2D eigenvalue weighted by molar-refractivity contribution is -0.138. The molecule has 0 radical (unpaired) electrons. The third-order valence-corrected chi connectivity index (χ3v) is 4.15. The van der Waals surface area contributed by atoms with Crippen LogP contribution in [0, 0.1) is 11.7 Å². The molecule has 5 heteroatoms. The molecule has 1 aliphatic carbocycles. The van der Waals surface area contributed by atoms with E-state index in [2.05, 4.69) is 5.32 Å². The van der Waals surface area contributed by atoms with E-state index in [0.717, 1.165) is 18.4 Å². The third-order valence-electron chi connectivity index (χ3n) is 4.15. The van der Waals surface area contributed by atoms with E-state index < -0.39 is 0 Å². The van der Waals surface area contributed by atoms with Crippen molar-refractivity contribution >= 4 is 11.8 Å². The molecule has 0 aromatic heterocycles. The fourth-order valence-corrected chi connectivity index (χ4v) is 2.74. The lowest BCUT2D eigenvalue weighted by Gasteiger charge is -2.29. The van der Waals surface area contributed by atoms with Gasteiger partial charge in [0.05, 0.1) is 5.92 Å². The van der Waals surface area contributed by atoms with Gasteiger partial charge in [0.15, 0.2) is 0 Å². The molecule has 1 saturated heterocycles. The van der Waals surface area contributed by atoms with Crippen LogP contribution in [0.3, 0.4) is 0 Å². The number of amides is 2. The molecular formula is C16H19FN2O2. The Morgan fingerprint density at radius 2 is 1.95 bits per heavy atom. The lowest BCUT2D eigenvalue weighted by atomic mass is 9.97. The van der Waals surface area contributed by atoms with Crippen LogP contribution in [0.5, 0.6) is 0 Å². The Hall–Kier alpha value is -1.91. The molecule has 0 bridgehead atoms. The summed E-state index contributed by atoms with van der Waals surface area (Å²) in [5.74, 6) is -0.251. The summed E-state index contributed by atoms with van der Waals surface area (Å²) in [7, 11) is 0. The summed E-state index contributed by atoms with van der Waals surface area (Å²) in [6.07, 6.45) is 3.11. The number of nitrogens with zero attached hydrogens (tertiary/aromatic N) is 1. The molecule has 1 unspecified atom stereocenters. The second kappa shape index (κ2) is 5.84. The minimum atomic E-state index is -0.266. The first-order valence-electron chi connectivity index (χ1n) is 7.45. The summed E-state index contributed by atoms with van der Waals surface area (Å²) in [6, 6.07) is 6.60. The van der Waals surface area contributed by atoms with E-state index in [-0.39, 0.29) is 23.5 Å². The Morgan fingerprint density at radius 1 is 1.24 bits per heavy atom. The summed E-state index contributed by atoms with van der Waals surface area (Å²) in [5.41, 5.74) is 0.941. The van der Waals surface area contributed by atoms with Crippen molar-refractivity contribution < 1.29 is 14.0 Å². The Bertz CT molecular complexity index is 530. The zero-order valence-corrected chi connectivity index (χ0v) is 11.8. The van der Waals surface area contributed by atoms with Gasteiger partial charge in [-0.05, 0) is 37.0 Å². The summed E-state index contributed by atoms with van der Waals surface area (Å²) in [4.78, 5) is 25.8. The summed E-state index contributed by atoms with van der Waals surface area (Å²) >= 11 is 0. The topological polar surface area (TPSA) is 49.4 Å². The maximum atomic E-state index is 13.0. The first kappa shape index (κ1) is 14.0. The molecule has 1 aromatic rings. The van der Waals surface area contributed by atoms with Crippen LogP contribution in [-0.4, -0.2) is 29.3 Å². The van der Waals surface area contributed by atoms with Crippen molar-refractivity contribution in [2.45, 2.75) is 38.3 Å². The molecule has 1 saturated carbocycles. The first-order valence-corrected chi connectivity index (χ1v) is 7.45. The summed E-state index contributed by atoms with van der Waals surface area (Å²) in [6.45, 7) is 0.957. The zero-order chi connectivity index (χ0) is 14.8. The van der Waals surface area contributed by atoms with Crippen LogP contribution >= 0.6 is 0 Å². The molecule has 1 N–H and O–H groups in total.